The van der Waals surface area contributed by atoms with Crippen molar-refractivity contribution in [2.24, 2.45) is 5.73 Å². The number of nitrogens with zero attached hydrogens (tertiary/aromatic N) is 1. The monoisotopic (exact) mass is 571 g/mol. The largest absolute Gasteiger partial charge is 0.573 e. The van der Waals surface area contributed by atoms with Crippen LogP contribution in [0.2, 0.25) is 0 Å². The third kappa shape index (κ3) is 7.34. The molecular formula is C22H20F7N3O5S. The smallest absolute Gasteiger partial charge is 0.406 e. The van der Waals surface area contributed by atoms with E-state index in [4.69, 9.17) is 5.73 Å². The van der Waals surface area contributed by atoms with Gasteiger partial charge in [0.25, 0.3) is 5.91 Å². The summed E-state index contributed by atoms with van der Waals surface area (Å²) < 4.78 is 118. The van der Waals surface area contributed by atoms with Crippen LogP contribution in [-0.4, -0.2) is 51.1 Å². The number of carbonyl (C=O) groups excluding carboxylic acids is 2. The van der Waals surface area contributed by atoms with E-state index in [1.165, 1.54) is 0 Å². The van der Waals surface area contributed by atoms with E-state index in [0.29, 0.717) is 6.07 Å². The summed E-state index contributed by atoms with van der Waals surface area (Å²) in [7, 11) is -4.34. The number of ether oxygens (including phenoxy) is 1. The summed E-state index contributed by atoms with van der Waals surface area (Å²) in [5, 5.41) is 2.10. The van der Waals surface area contributed by atoms with Crippen LogP contribution in [-0.2, 0) is 21.2 Å². The number of amides is 2. The molecule has 1 aliphatic heterocycles. The van der Waals surface area contributed by atoms with Crippen molar-refractivity contribution in [3.63, 3.8) is 0 Å². The zero-order valence-electron chi connectivity index (χ0n) is 19.2. The molecule has 8 nitrogen and oxygen atoms in total. The second-order valence-corrected chi connectivity index (χ2v) is 10.3. The predicted octanol–water partition coefficient (Wildman–Crippen LogP) is 3.44. The summed E-state index contributed by atoms with van der Waals surface area (Å²) >= 11 is 0. The molecule has 208 valence electrons. The average Bonchev–Trinajstić information content (AvgIpc) is 2.84. The minimum absolute atomic E-state index is 0.202. The van der Waals surface area contributed by atoms with Crippen molar-refractivity contribution < 1.29 is 53.5 Å². The van der Waals surface area contributed by atoms with Gasteiger partial charge in [-0.15, -0.1) is 13.2 Å². The maximum absolute atomic E-state index is 14.8. The number of nitrogens with two attached hydrogens (primary N) is 1. The summed E-state index contributed by atoms with van der Waals surface area (Å²) in [6.45, 7) is -0.896. The molecule has 0 radical (unpaired) electrons. The fourth-order valence-corrected chi connectivity index (χ4v) is 5.19. The van der Waals surface area contributed by atoms with Crippen LogP contribution in [0, 0.1) is 5.82 Å². The maximum atomic E-state index is 14.8. The quantitative estimate of drug-likeness (QED) is 0.388. The number of halogens is 7. The van der Waals surface area contributed by atoms with Gasteiger partial charge in [-0.3, -0.25) is 9.59 Å². The summed E-state index contributed by atoms with van der Waals surface area (Å²) in [6.07, 6.45) is -11.1. The first-order valence-electron chi connectivity index (χ1n) is 10.8. The van der Waals surface area contributed by atoms with Crippen LogP contribution in [0.1, 0.15) is 28.8 Å². The molecule has 0 fully saturated rings. The minimum Gasteiger partial charge on any atom is -0.406 e. The molecule has 0 aliphatic carbocycles. The van der Waals surface area contributed by atoms with Crippen molar-refractivity contribution in [1.29, 1.82) is 0 Å². The van der Waals surface area contributed by atoms with Crippen LogP contribution in [0.4, 0.5) is 36.4 Å². The molecule has 2 aromatic carbocycles. The Kier molecular flexibility index (Phi) is 8.26. The fraction of sp³-hybridized carbons (Fsp3) is 0.364. The molecule has 0 bridgehead atoms. The molecule has 2 amide bonds. The highest BCUT2D eigenvalue weighted by Gasteiger charge is 2.38. The summed E-state index contributed by atoms with van der Waals surface area (Å²) in [4.78, 5) is 25.6. The highest BCUT2D eigenvalue weighted by Crippen LogP contribution is 2.34. The van der Waals surface area contributed by atoms with Gasteiger partial charge in [0.1, 0.15) is 11.6 Å². The summed E-state index contributed by atoms with van der Waals surface area (Å²) in [6, 6.07) is 3.91. The van der Waals surface area contributed by atoms with Crippen LogP contribution in [0.5, 0.6) is 5.75 Å². The number of rotatable bonds is 7. The predicted molar refractivity (Wildman–Crippen MR) is 118 cm³/mol. The zero-order valence-corrected chi connectivity index (χ0v) is 20.0. The van der Waals surface area contributed by atoms with Gasteiger partial charge in [-0.25, -0.2) is 12.8 Å². The zero-order chi connectivity index (χ0) is 28.5. The Bertz CT molecular complexity index is 1310. The van der Waals surface area contributed by atoms with E-state index in [1.54, 1.807) is 0 Å². The number of nitrogens with one attached hydrogen (secondary N) is 1. The van der Waals surface area contributed by atoms with Gasteiger partial charge >= 0.3 is 12.5 Å². The Hall–Kier alpha value is -3.40. The van der Waals surface area contributed by atoms with Gasteiger partial charge in [-0.05, 0) is 36.2 Å². The lowest BCUT2D eigenvalue weighted by Crippen LogP contribution is -2.45. The van der Waals surface area contributed by atoms with Gasteiger partial charge in [0.2, 0.25) is 5.91 Å². The number of anilines is 1. The number of alkyl halides is 6. The van der Waals surface area contributed by atoms with Gasteiger partial charge in [0.05, 0.1) is 34.5 Å². The van der Waals surface area contributed by atoms with Gasteiger partial charge in [0.15, 0.2) is 9.84 Å². The van der Waals surface area contributed by atoms with Gasteiger partial charge in [-0.1, -0.05) is 12.1 Å². The Balaban J connectivity index is 1.96. The lowest BCUT2D eigenvalue weighted by atomic mass is 10.1. The molecule has 1 heterocycles. The molecule has 0 unspecified atom stereocenters. The van der Waals surface area contributed by atoms with E-state index in [9.17, 15) is 48.7 Å². The van der Waals surface area contributed by atoms with E-state index in [1.807, 2.05) is 0 Å². The van der Waals surface area contributed by atoms with E-state index in [-0.39, 0.29) is 5.56 Å². The molecule has 3 N–H and O–H groups in total. The first kappa shape index (κ1) is 29.2. The Morgan fingerprint density at radius 1 is 1.11 bits per heavy atom. The molecule has 0 spiro atoms. The molecular weight excluding hydrogens is 551 g/mol. The highest BCUT2D eigenvalue weighted by molar-refractivity contribution is 7.91. The van der Waals surface area contributed by atoms with Crippen molar-refractivity contribution in [3.8, 4) is 5.75 Å². The molecule has 2 aromatic rings. The van der Waals surface area contributed by atoms with Crippen LogP contribution < -0.4 is 20.7 Å². The van der Waals surface area contributed by atoms with E-state index < -0.39 is 99.6 Å². The number of hydrogen-bond donors (Lipinski definition) is 2. The first-order chi connectivity index (χ1) is 17.5. The molecule has 0 aromatic heterocycles. The van der Waals surface area contributed by atoms with Crippen molar-refractivity contribution in [2.75, 3.05) is 17.2 Å². The van der Waals surface area contributed by atoms with Crippen LogP contribution in [0.25, 0.3) is 0 Å². The first-order valence-corrected chi connectivity index (χ1v) is 12.4. The average molecular weight is 571 g/mol. The van der Waals surface area contributed by atoms with E-state index in [0.717, 1.165) is 35.2 Å². The second kappa shape index (κ2) is 10.8. The van der Waals surface area contributed by atoms with Gasteiger partial charge in [0, 0.05) is 13.0 Å². The van der Waals surface area contributed by atoms with E-state index in [2.05, 4.69) is 10.1 Å². The second-order valence-electron chi connectivity index (χ2n) is 8.28. The molecule has 0 saturated heterocycles. The molecule has 0 saturated carbocycles. The van der Waals surface area contributed by atoms with Crippen molar-refractivity contribution in [2.45, 2.75) is 42.9 Å². The van der Waals surface area contributed by atoms with Crippen LogP contribution in [0.15, 0.2) is 41.3 Å². The normalized spacial score (nSPS) is 17.5. The summed E-state index contributed by atoms with van der Waals surface area (Å²) in [5.41, 5.74) is 4.77. The summed E-state index contributed by atoms with van der Waals surface area (Å²) in [5.74, 6) is -4.85. The Labute approximate surface area is 211 Å². The third-order valence-corrected chi connectivity index (χ3v) is 7.12. The molecule has 16 heteroatoms. The Morgan fingerprint density at radius 2 is 1.74 bits per heavy atom. The van der Waals surface area contributed by atoms with Gasteiger partial charge in [-0.2, -0.15) is 13.2 Å². The topological polar surface area (TPSA) is 119 Å². The number of carbonyl (C=O) groups is 2. The Morgan fingerprint density at radius 3 is 2.32 bits per heavy atom. The number of benzene rings is 2. The standard InChI is InChI=1S/C22H20F7N3O5S/c23-15-9-18-17(8-14(15)19(33)31-7-1-6-21(24,25)26)32(20(34)16(30)11-38(18,35)36)10-12-2-4-13(5-3-12)37-22(27,28)29/h2-5,8-9,16H,1,6-7,10-11,30H2,(H,31,33)/t16-/m0/s1. The molecule has 3 rings (SSSR count). The minimum atomic E-state index is -4.95. The fourth-order valence-electron chi connectivity index (χ4n) is 3.62. The van der Waals surface area contributed by atoms with Gasteiger partial charge < -0.3 is 20.7 Å². The number of hydrogen-bond acceptors (Lipinski definition) is 6. The lowest BCUT2D eigenvalue weighted by Gasteiger charge is -2.25. The molecule has 38 heavy (non-hydrogen) atoms. The molecule has 1 atom stereocenters. The van der Waals surface area contributed by atoms with Crippen molar-refractivity contribution >= 4 is 27.3 Å². The van der Waals surface area contributed by atoms with Crippen LogP contribution >= 0.6 is 0 Å². The lowest BCUT2D eigenvalue weighted by molar-refractivity contribution is -0.274. The van der Waals surface area contributed by atoms with Crippen molar-refractivity contribution in [1.82, 2.24) is 5.32 Å². The van der Waals surface area contributed by atoms with E-state index >= 15 is 0 Å². The third-order valence-electron chi connectivity index (χ3n) is 5.32. The number of fused-ring (bicyclic) bond motifs is 1. The van der Waals surface area contributed by atoms with Crippen molar-refractivity contribution in [3.05, 3.63) is 53.3 Å². The highest BCUT2D eigenvalue weighted by atomic mass is 32.2. The van der Waals surface area contributed by atoms with Crippen LogP contribution in [0.3, 0.4) is 0 Å². The SMILES string of the molecule is N[C@H]1CS(=O)(=O)c2cc(F)c(C(=O)NCCCC(F)(F)F)cc2N(Cc2ccc(OC(F)(F)F)cc2)C1=O. The number of sulfone groups is 1. The maximum Gasteiger partial charge on any atom is 0.573 e. The molecule has 1 aliphatic rings.